The molecule has 0 unspecified atom stereocenters. The molecule has 3 aromatic carbocycles. The second-order valence-corrected chi connectivity index (χ2v) is 5.97. The number of carbonyl (C=O) groups is 1. The third-order valence-electron chi connectivity index (χ3n) is 3.68. The highest BCUT2D eigenvalue weighted by Crippen LogP contribution is 2.23. The second-order valence-electron chi connectivity index (χ2n) is 5.53. The SMILES string of the molecule is COC(=O)c1ccc(N=Cc2ccccc2N=Nc2ccc(Cl)cc2)cc1. The van der Waals surface area contributed by atoms with Gasteiger partial charge in [-0.05, 0) is 54.6 Å². The summed E-state index contributed by atoms with van der Waals surface area (Å²) in [5.41, 5.74) is 3.43. The summed E-state index contributed by atoms with van der Waals surface area (Å²) in [5.74, 6) is -0.376. The number of carbonyl (C=O) groups excluding carboxylic acids is 1. The minimum Gasteiger partial charge on any atom is -0.465 e. The number of benzene rings is 3. The van der Waals surface area contributed by atoms with Gasteiger partial charge in [-0.25, -0.2) is 4.79 Å². The van der Waals surface area contributed by atoms with E-state index in [0.717, 1.165) is 5.56 Å². The number of esters is 1. The van der Waals surface area contributed by atoms with Crippen molar-refractivity contribution in [2.45, 2.75) is 0 Å². The van der Waals surface area contributed by atoms with E-state index in [2.05, 4.69) is 20.0 Å². The smallest absolute Gasteiger partial charge is 0.337 e. The van der Waals surface area contributed by atoms with E-state index in [0.29, 0.717) is 27.6 Å². The summed E-state index contributed by atoms with van der Waals surface area (Å²) < 4.78 is 4.68. The van der Waals surface area contributed by atoms with Gasteiger partial charge in [-0.15, -0.1) is 5.11 Å². The molecule has 134 valence electrons. The first-order chi connectivity index (χ1) is 13.2. The molecule has 0 aliphatic carbocycles. The average molecular weight is 378 g/mol. The maximum atomic E-state index is 11.5. The number of ether oxygens (including phenoxy) is 1. The molecule has 3 aromatic rings. The molecule has 0 saturated carbocycles. The van der Waals surface area contributed by atoms with Crippen molar-refractivity contribution in [1.29, 1.82) is 0 Å². The van der Waals surface area contributed by atoms with Gasteiger partial charge >= 0.3 is 5.97 Å². The lowest BCUT2D eigenvalue weighted by Crippen LogP contribution is -1.99. The molecular formula is C21H16ClN3O2. The number of rotatable bonds is 5. The van der Waals surface area contributed by atoms with Crippen molar-refractivity contribution in [3.8, 4) is 0 Å². The third-order valence-corrected chi connectivity index (χ3v) is 3.93. The number of halogens is 1. The standard InChI is InChI=1S/C21H16ClN3O2/c1-27-21(26)15-6-10-18(11-7-15)23-14-16-4-2-3-5-20(16)25-24-19-12-8-17(22)9-13-19/h2-14H,1H3. The first-order valence-electron chi connectivity index (χ1n) is 8.14. The van der Waals surface area contributed by atoms with Crippen LogP contribution in [0.15, 0.2) is 88.0 Å². The first-order valence-corrected chi connectivity index (χ1v) is 8.52. The van der Waals surface area contributed by atoms with Crippen molar-refractivity contribution in [3.63, 3.8) is 0 Å². The molecule has 0 aliphatic heterocycles. The van der Waals surface area contributed by atoms with Gasteiger partial charge in [-0.2, -0.15) is 5.11 Å². The normalized spacial score (nSPS) is 11.2. The zero-order valence-corrected chi connectivity index (χ0v) is 15.3. The van der Waals surface area contributed by atoms with Crippen molar-refractivity contribution < 1.29 is 9.53 Å². The molecule has 0 aliphatic rings. The van der Waals surface area contributed by atoms with Gasteiger partial charge in [0.05, 0.1) is 29.7 Å². The lowest BCUT2D eigenvalue weighted by atomic mass is 10.2. The lowest BCUT2D eigenvalue weighted by molar-refractivity contribution is 0.0601. The van der Waals surface area contributed by atoms with E-state index in [1.165, 1.54) is 7.11 Å². The quantitative estimate of drug-likeness (QED) is 0.298. The zero-order valence-electron chi connectivity index (χ0n) is 14.5. The molecule has 0 bridgehead atoms. The molecule has 0 spiro atoms. The minimum absolute atomic E-state index is 0.376. The van der Waals surface area contributed by atoms with E-state index in [9.17, 15) is 4.79 Å². The Morgan fingerprint density at radius 3 is 2.26 bits per heavy atom. The van der Waals surface area contributed by atoms with Crippen LogP contribution in [0.1, 0.15) is 15.9 Å². The van der Waals surface area contributed by atoms with Gasteiger partial charge in [-0.1, -0.05) is 29.8 Å². The monoisotopic (exact) mass is 377 g/mol. The predicted molar refractivity (Wildman–Crippen MR) is 107 cm³/mol. The van der Waals surface area contributed by atoms with Crippen LogP contribution < -0.4 is 0 Å². The Bertz CT molecular complexity index is 981. The lowest BCUT2D eigenvalue weighted by Gasteiger charge is -2.01. The highest BCUT2D eigenvalue weighted by molar-refractivity contribution is 6.30. The maximum Gasteiger partial charge on any atom is 0.337 e. The predicted octanol–water partition coefficient (Wildman–Crippen LogP) is 6.29. The van der Waals surface area contributed by atoms with E-state index >= 15 is 0 Å². The van der Waals surface area contributed by atoms with Crippen molar-refractivity contribution >= 4 is 40.8 Å². The van der Waals surface area contributed by atoms with E-state index < -0.39 is 0 Å². The van der Waals surface area contributed by atoms with Crippen LogP contribution in [-0.4, -0.2) is 19.3 Å². The minimum atomic E-state index is -0.376. The van der Waals surface area contributed by atoms with Crippen molar-refractivity contribution in [2.24, 2.45) is 15.2 Å². The van der Waals surface area contributed by atoms with Crippen LogP contribution in [-0.2, 0) is 4.74 Å². The number of nitrogens with zero attached hydrogens (tertiary/aromatic N) is 3. The first kappa shape index (κ1) is 18.5. The molecule has 6 heteroatoms. The molecule has 0 N–H and O–H groups in total. The fourth-order valence-electron chi connectivity index (χ4n) is 2.25. The molecular weight excluding hydrogens is 362 g/mol. The Morgan fingerprint density at radius 1 is 0.889 bits per heavy atom. The van der Waals surface area contributed by atoms with Gasteiger partial charge in [-0.3, -0.25) is 4.99 Å². The molecule has 27 heavy (non-hydrogen) atoms. The van der Waals surface area contributed by atoms with E-state index in [4.69, 9.17) is 11.6 Å². The van der Waals surface area contributed by atoms with E-state index in [1.54, 1.807) is 54.7 Å². The molecule has 0 amide bonds. The fourth-order valence-corrected chi connectivity index (χ4v) is 2.38. The van der Waals surface area contributed by atoms with Gasteiger partial charge in [0.1, 0.15) is 0 Å². The molecule has 0 aromatic heterocycles. The van der Waals surface area contributed by atoms with Crippen LogP contribution >= 0.6 is 11.6 Å². The van der Waals surface area contributed by atoms with E-state index in [-0.39, 0.29) is 5.97 Å². The van der Waals surface area contributed by atoms with Gasteiger partial charge < -0.3 is 4.74 Å². The molecule has 0 atom stereocenters. The summed E-state index contributed by atoms with van der Waals surface area (Å²) in [5, 5.41) is 9.18. The molecule has 3 rings (SSSR count). The summed E-state index contributed by atoms with van der Waals surface area (Å²) in [7, 11) is 1.35. The fraction of sp³-hybridized carbons (Fsp3) is 0.0476. The van der Waals surface area contributed by atoms with Gasteiger partial charge in [0, 0.05) is 16.8 Å². The summed E-state index contributed by atoms with van der Waals surface area (Å²) >= 11 is 5.87. The van der Waals surface area contributed by atoms with Gasteiger partial charge in [0.2, 0.25) is 0 Å². The summed E-state index contributed by atoms with van der Waals surface area (Å²) in [6.07, 6.45) is 1.71. The summed E-state index contributed by atoms with van der Waals surface area (Å²) in [6, 6.07) is 21.5. The number of hydrogen-bond acceptors (Lipinski definition) is 5. The number of azo groups is 1. The Hall–Kier alpha value is -3.31. The molecule has 0 heterocycles. The van der Waals surface area contributed by atoms with Crippen LogP contribution in [0.2, 0.25) is 5.02 Å². The van der Waals surface area contributed by atoms with Crippen molar-refractivity contribution in [1.82, 2.24) is 0 Å². The Balaban J connectivity index is 1.78. The summed E-state index contributed by atoms with van der Waals surface area (Å²) in [6.45, 7) is 0. The largest absolute Gasteiger partial charge is 0.465 e. The Kier molecular flexibility index (Phi) is 6.07. The Labute approximate surface area is 162 Å². The third kappa shape index (κ3) is 5.09. The molecule has 0 radical (unpaired) electrons. The number of aliphatic imine (C=N–C) groups is 1. The maximum absolute atomic E-state index is 11.5. The van der Waals surface area contributed by atoms with Crippen molar-refractivity contribution in [3.05, 3.63) is 88.9 Å². The molecule has 0 fully saturated rings. The molecule has 0 saturated heterocycles. The Morgan fingerprint density at radius 2 is 1.56 bits per heavy atom. The second kappa shape index (κ2) is 8.87. The van der Waals surface area contributed by atoms with Crippen LogP contribution in [0.5, 0.6) is 0 Å². The van der Waals surface area contributed by atoms with Crippen LogP contribution in [0.3, 0.4) is 0 Å². The molecule has 5 nitrogen and oxygen atoms in total. The van der Waals surface area contributed by atoms with Gasteiger partial charge in [0.25, 0.3) is 0 Å². The van der Waals surface area contributed by atoms with E-state index in [1.807, 2.05) is 24.3 Å². The van der Waals surface area contributed by atoms with Crippen LogP contribution in [0, 0.1) is 0 Å². The summed E-state index contributed by atoms with van der Waals surface area (Å²) in [4.78, 5) is 15.9. The average Bonchev–Trinajstić information content (AvgIpc) is 2.72. The van der Waals surface area contributed by atoms with Crippen LogP contribution in [0.4, 0.5) is 17.1 Å². The van der Waals surface area contributed by atoms with Crippen molar-refractivity contribution in [2.75, 3.05) is 7.11 Å². The highest BCUT2D eigenvalue weighted by Gasteiger charge is 2.04. The topological polar surface area (TPSA) is 63.4 Å². The van der Waals surface area contributed by atoms with Crippen LogP contribution in [0.25, 0.3) is 0 Å². The van der Waals surface area contributed by atoms with Gasteiger partial charge in [0.15, 0.2) is 0 Å². The number of methoxy groups -OCH3 is 1. The zero-order chi connectivity index (χ0) is 19.1. The number of hydrogen-bond donors (Lipinski definition) is 0. The highest BCUT2D eigenvalue weighted by atomic mass is 35.5.